The zero-order chi connectivity index (χ0) is 12.4. The van der Waals surface area contributed by atoms with Crippen molar-refractivity contribution >= 4 is 5.95 Å². The summed E-state index contributed by atoms with van der Waals surface area (Å²) in [4.78, 5) is 10.9. The molecule has 5 nitrogen and oxygen atoms in total. The summed E-state index contributed by atoms with van der Waals surface area (Å²) >= 11 is 0. The van der Waals surface area contributed by atoms with E-state index in [1.54, 1.807) is 0 Å². The first-order chi connectivity index (χ1) is 8.81. The van der Waals surface area contributed by atoms with E-state index in [0.29, 0.717) is 18.1 Å². The topological polar surface area (TPSA) is 67.1 Å². The SMILES string of the molecule is NC1CC(NC2CCN(c3ncccn3)CC2)C1. The minimum absolute atomic E-state index is 0.431. The summed E-state index contributed by atoms with van der Waals surface area (Å²) in [5.74, 6) is 0.863. The average Bonchev–Trinajstić information content (AvgIpc) is 2.39. The molecule has 0 aromatic carbocycles. The van der Waals surface area contributed by atoms with Crippen LogP contribution in [0.25, 0.3) is 0 Å². The van der Waals surface area contributed by atoms with E-state index in [1.165, 1.54) is 12.8 Å². The first-order valence-electron chi connectivity index (χ1n) is 6.85. The summed E-state index contributed by atoms with van der Waals surface area (Å²) in [5, 5.41) is 3.71. The van der Waals surface area contributed by atoms with Crippen molar-refractivity contribution in [1.29, 1.82) is 0 Å². The fourth-order valence-corrected chi connectivity index (χ4v) is 2.83. The van der Waals surface area contributed by atoms with E-state index in [0.717, 1.165) is 31.9 Å². The predicted molar refractivity (Wildman–Crippen MR) is 71.4 cm³/mol. The molecule has 3 N–H and O–H groups in total. The molecule has 0 spiro atoms. The second-order valence-electron chi connectivity index (χ2n) is 5.41. The van der Waals surface area contributed by atoms with Gasteiger partial charge >= 0.3 is 0 Å². The van der Waals surface area contributed by atoms with Crippen molar-refractivity contribution in [3.8, 4) is 0 Å². The number of nitrogens with two attached hydrogens (primary N) is 1. The number of hydrogen-bond donors (Lipinski definition) is 2. The summed E-state index contributed by atoms with van der Waals surface area (Å²) in [6.45, 7) is 2.08. The molecule has 1 aromatic rings. The van der Waals surface area contributed by atoms with Gasteiger partial charge in [0, 0.05) is 43.6 Å². The molecule has 2 aliphatic rings. The maximum Gasteiger partial charge on any atom is 0.225 e. The summed E-state index contributed by atoms with van der Waals surface area (Å²) in [5.41, 5.74) is 5.81. The molecule has 98 valence electrons. The molecule has 1 aliphatic heterocycles. The number of aromatic nitrogens is 2. The monoisotopic (exact) mass is 247 g/mol. The van der Waals surface area contributed by atoms with Crippen LogP contribution in [-0.2, 0) is 0 Å². The highest BCUT2D eigenvalue weighted by molar-refractivity contribution is 5.29. The van der Waals surface area contributed by atoms with Crippen LogP contribution in [0.4, 0.5) is 5.95 Å². The fourth-order valence-electron chi connectivity index (χ4n) is 2.83. The van der Waals surface area contributed by atoms with Gasteiger partial charge in [0.25, 0.3) is 0 Å². The Bertz CT molecular complexity index is 368. The Morgan fingerprint density at radius 3 is 2.39 bits per heavy atom. The molecule has 5 heteroatoms. The molecule has 0 radical (unpaired) electrons. The Hall–Kier alpha value is -1.20. The molecule has 1 aliphatic carbocycles. The second-order valence-corrected chi connectivity index (χ2v) is 5.41. The molecular weight excluding hydrogens is 226 g/mol. The van der Waals surface area contributed by atoms with Gasteiger partial charge in [-0.25, -0.2) is 9.97 Å². The van der Waals surface area contributed by atoms with Crippen LogP contribution in [0, 0.1) is 0 Å². The largest absolute Gasteiger partial charge is 0.341 e. The normalized spacial score (nSPS) is 29.1. The average molecular weight is 247 g/mol. The lowest BCUT2D eigenvalue weighted by molar-refractivity contribution is 0.249. The number of nitrogens with zero attached hydrogens (tertiary/aromatic N) is 3. The van der Waals surface area contributed by atoms with Crippen LogP contribution in [0.15, 0.2) is 18.5 Å². The van der Waals surface area contributed by atoms with Crippen LogP contribution in [0.3, 0.4) is 0 Å². The minimum Gasteiger partial charge on any atom is -0.341 e. The highest BCUT2D eigenvalue weighted by Crippen LogP contribution is 2.21. The maximum atomic E-state index is 5.81. The van der Waals surface area contributed by atoms with Gasteiger partial charge in [-0.05, 0) is 31.7 Å². The van der Waals surface area contributed by atoms with Crippen molar-refractivity contribution in [2.75, 3.05) is 18.0 Å². The lowest BCUT2D eigenvalue weighted by Crippen LogP contribution is -2.54. The van der Waals surface area contributed by atoms with E-state index in [1.807, 2.05) is 18.5 Å². The van der Waals surface area contributed by atoms with Crippen LogP contribution in [-0.4, -0.2) is 41.2 Å². The van der Waals surface area contributed by atoms with Crippen molar-refractivity contribution in [3.63, 3.8) is 0 Å². The molecule has 0 amide bonds. The number of nitrogens with one attached hydrogen (secondary N) is 1. The number of hydrogen-bond acceptors (Lipinski definition) is 5. The van der Waals surface area contributed by atoms with Gasteiger partial charge in [-0.3, -0.25) is 0 Å². The standard InChI is InChI=1S/C13H21N5/c14-10-8-12(9-10)17-11-2-6-18(7-3-11)13-15-4-1-5-16-13/h1,4-5,10-12,17H,2-3,6-9,14H2. The van der Waals surface area contributed by atoms with Crippen molar-refractivity contribution in [1.82, 2.24) is 15.3 Å². The molecule has 0 unspecified atom stereocenters. The third-order valence-electron chi connectivity index (χ3n) is 3.98. The van der Waals surface area contributed by atoms with Gasteiger partial charge in [0.05, 0.1) is 0 Å². The van der Waals surface area contributed by atoms with Crippen LogP contribution < -0.4 is 16.0 Å². The fraction of sp³-hybridized carbons (Fsp3) is 0.692. The van der Waals surface area contributed by atoms with E-state index in [9.17, 15) is 0 Å². The van der Waals surface area contributed by atoms with E-state index >= 15 is 0 Å². The molecule has 0 bridgehead atoms. The Morgan fingerprint density at radius 2 is 1.78 bits per heavy atom. The summed E-state index contributed by atoms with van der Waals surface area (Å²) in [6, 6.07) is 3.59. The van der Waals surface area contributed by atoms with Gasteiger partial charge in [-0.15, -0.1) is 0 Å². The van der Waals surface area contributed by atoms with Crippen LogP contribution >= 0.6 is 0 Å². The molecule has 0 atom stereocenters. The van der Waals surface area contributed by atoms with Crippen LogP contribution in [0.2, 0.25) is 0 Å². The van der Waals surface area contributed by atoms with Crippen LogP contribution in [0.5, 0.6) is 0 Å². The first kappa shape index (κ1) is 11.9. The van der Waals surface area contributed by atoms with Crippen molar-refractivity contribution in [2.24, 2.45) is 5.73 Å². The number of anilines is 1. The summed E-state index contributed by atoms with van der Waals surface area (Å²) in [6.07, 6.45) is 8.24. The van der Waals surface area contributed by atoms with E-state index < -0.39 is 0 Å². The highest BCUT2D eigenvalue weighted by Gasteiger charge is 2.29. The zero-order valence-electron chi connectivity index (χ0n) is 10.6. The van der Waals surface area contributed by atoms with Gasteiger partial charge in [0.1, 0.15) is 0 Å². The van der Waals surface area contributed by atoms with Crippen molar-refractivity contribution in [3.05, 3.63) is 18.5 Å². The van der Waals surface area contributed by atoms with E-state index in [2.05, 4.69) is 20.2 Å². The Kier molecular flexibility index (Phi) is 3.43. The quantitative estimate of drug-likeness (QED) is 0.815. The van der Waals surface area contributed by atoms with Crippen molar-refractivity contribution in [2.45, 2.75) is 43.8 Å². The smallest absolute Gasteiger partial charge is 0.225 e. The second kappa shape index (κ2) is 5.20. The summed E-state index contributed by atoms with van der Waals surface area (Å²) in [7, 11) is 0. The maximum absolute atomic E-state index is 5.81. The lowest BCUT2D eigenvalue weighted by Gasteiger charge is -2.39. The lowest BCUT2D eigenvalue weighted by atomic mass is 9.86. The van der Waals surface area contributed by atoms with Crippen LogP contribution in [0.1, 0.15) is 25.7 Å². The van der Waals surface area contributed by atoms with Gasteiger partial charge in [0.2, 0.25) is 5.95 Å². The Morgan fingerprint density at radius 1 is 1.11 bits per heavy atom. The predicted octanol–water partition coefficient (Wildman–Crippen LogP) is 0.525. The molecule has 3 rings (SSSR count). The van der Waals surface area contributed by atoms with Crippen molar-refractivity contribution < 1.29 is 0 Å². The molecule has 1 saturated heterocycles. The third kappa shape index (κ3) is 2.62. The molecule has 1 aromatic heterocycles. The zero-order valence-corrected chi connectivity index (χ0v) is 10.6. The number of piperidine rings is 1. The van der Waals surface area contributed by atoms with E-state index in [-0.39, 0.29) is 0 Å². The molecule has 2 fully saturated rings. The Balaban J connectivity index is 1.46. The molecular formula is C13H21N5. The van der Waals surface area contributed by atoms with Gasteiger partial charge < -0.3 is 16.0 Å². The minimum atomic E-state index is 0.431. The first-order valence-corrected chi connectivity index (χ1v) is 6.85. The summed E-state index contributed by atoms with van der Waals surface area (Å²) < 4.78 is 0. The molecule has 1 saturated carbocycles. The Labute approximate surface area is 108 Å². The van der Waals surface area contributed by atoms with E-state index in [4.69, 9.17) is 5.73 Å². The third-order valence-corrected chi connectivity index (χ3v) is 3.98. The van der Waals surface area contributed by atoms with Gasteiger partial charge in [-0.2, -0.15) is 0 Å². The van der Waals surface area contributed by atoms with Gasteiger partial charge in [0.15, 0.2) is 0 Å². The van der Waals surface area contributed by atoms with Gasteiger partial charge in [-0.1, -0.05) is 0 Å². The number of rotatable bonds is 3. The molecule has 18 heavy (non-hydrogen) atoms. The molecule has 2 heterocycles. The highest BCUT2D eigenvalue weighted by atomic mass is 15.3.